The Labute approximate surface area is 316 Å². The van der Waals surface area contributed by atoms with Crippen molar-refractivity contribution in [2.45, 2.75) is 11.8 Å². The fraction of sp³-hybridized carbons (Fsp3) is 0.0385. The van der Waals surface area contributed by atoms with E-state index in [0.29, 0.717) is 17.7 Å². The van der Waals surface area contributed by atoms with Crippen molar-refractivity contribution in [2.75, 3.05) is 0 Å². The SMILES string of the molecule is C1=CC2c3ccccc3-c3ccc(-c4ccccc4-c4ccccc4-c4ccccc4-c4nc(-c5ccccc5)cc(-c5ccccc5)n4)cc3C2C=C1. The van der Waals surface area contributed by atoms with Gasteiger partial charge >= 0.3 is 0 Å². The molecule has 0 amide bonds. The van der Waals surface area contributed by atoms with Gasteiger partial charge in [0, 0.05) is 28.5 Å². The molecule has 0 radical (unpaired) electrons. The summed E-state index contributed by atoms with van der Waals surface area (Å²) >= 11 is 0. The van der Waals surface area contributed by atoms with E-state index < -0.39 is 0 Å². The van der Waals surface area contributed by atoms with E-state index in [2.05, 4.69) is 194 Å². The van der Waals surface area contributed by atoms with Gasteiger partial charge in [-0.05, 0) is 67.8 Å². The molecule has 2 aliphatic carbocycles. The van der Waals surface area contributed by atoms with Crippen LogP contribution in [-0.2, 0) is 0 Å². The molecule has 2 nitrogen and oxygen atoms in total. The first kappa shape index (κ1) is 31.8. The minimum Gasteiger partial charge on any atom is -0.228 e. The van der Waals surface area contributed by atoms with Gasteiger partial charge in [0.1, 0.15) is 0 Å². The lowest BCUT2D eigenvalue weighted by Gasteiger charge is -2.34. The van der Waals surface area contributed by atoms with Gasteiger partial charge in [0.15, 0.2) is 5.82 Å². The molecule has 10 rings (SSSR count). The summed E-state index contributed by atoms with van der Waals surface area (Å²) in [6, 6.07) is 65.0. The second-order valence-electron chi connectivity index (χ2n) is 14.0. The van der Waals surface area contributed by atoms with Gasteiger partial charge in [0.25, 0.3) is 0 Å². The Morgan fingerprint density at radius 3 is 1.31 bits per heavy atom. The number of allylic oxidation sites excluding steroid dienone is 4. The highest BCUT2D eigenvalue weighted by Crippen LogP contribution is 2.51. The van der Waals surface area contributed by atoms with Crippen molar-refractivity contribution in [3.05, 3.63) is 217 Å². The predicted molar refractivity (Wildman–Crippen MR) is 224 cm³/mol. The van der Waals surface area contributed by atoms with Gasteiger partial charge in [0.05, 0.1) is 11.4 Å². The van der Waals surface area contributed by atoms with E-state index >= 15 is 0 Å². The normalized spacial score (nSPS) is 15.3. The van der Waals surface area contributed by atoms with Crippen LogP contribution < -0.4 is 0 Å². The van der Waals surface area contributed by atoms with Crippen molar-refractivity contribution < 1.29 is 0 Å². The topological polar surface area (TPSA) is 25.8 Å². The Balaban J connectivity index is 1.12. The van der Waals surface area contributed by atoms with E-state index in [1.54, 1.807) is 0 Å². The standard InChI is InChI=1S/C52H36N2/c1-3-17-35(18-4-1)50-34-51(36-19-5-2-6-20-36)54-52(53-50)48-30-16-15-28-45(48)42-25-11-9-23-40(42)39-22-8-7-21-38(39)37-31-32-47-44-27-12-10-24-41(44)43-26-13-14-29-46(43)49(47)33-37/h1-34,43,46H. The van der Waals surface area contributed by atoms with Gasteiger partial charge in [-0.15, -0.1) is 0 Å². The molecule has 54 heavy (non-hydrogen) atoms. The molecule has 0 saturated heterocycles. The number of hydrogen-bond donors (Lipinski definition) is 0. The molecule has 2 unspecified atom stereocenters. The van der Waals surface area contributed by atoms with Crippen LogP contribution in [0.1, 0.15) is 23.0 Å². The van der Waals surface area contributed by atoms with Crippen LogP contribution in [0.2, 0.25) is 0 Å². The molecule has 0 fully saturated rings. The number of hydrogen-bond acceptors (Lipinski definition) is 2. The average Bonchev–Trinajstić information content (AvgIpc) is 3.27. The van der Waals surface area contributed by atoms with Gasteiger partial charge in [-0.2, -0.15) is 0 Å². The smallest absolute Gasteiger partial charge is 0.161 e. The van der Waals surface area contributed by atoms with E-state index in [1.165, 1.54) is 44.5 Å². The molecule has 254 valence electrons. The van der Waals surface area contributed by atoms with Gasteiger partial charge < -0.3 is 0 Å². The van der Waals surface area contributed by atoms with Crippen molar-refractivity contribution in [3.63, 3.8) is 0 Å². The second-order valence-corrected chi connectivity index (χ2v) is 14.0. The Kier molecular flexibility index (Phi) is 8.00. The van der Waals surface area contributed by atoms with Gasteiger partial charge in [0.2, 0.25) is 0 Å². The second kappa shape index (κ2) is 13.6. The number of nitrogens with zero attached hydrogens (tertiary/aromatic N) is 2. The number of fused-ring (bicyclic) bond motifs is 6. The molecule has 2 aliphatic rings. The molecular weight excluding hydrogens is 653 g/mol. The Morgan fingerprint density at radius 1 is 0.296 bits per heavy atom. The third kappa shape index (κ3) is 5.60. The summed E-state index contributed by atoms with van der Waals surface area (Å²) in [4.78, 5) is 10.4. The van der Waals surface area contributed by atoms with Crippen molar-refractivity contribution in [1.29, 1.82) is 0 Å². The monoisotopic (exact) mass is 688 g/mol. The number of benzene rings is 7. The summed E-state index contributed by atoms with van der Waals surface area (Å²) in [5.74, 6) is 1.35. The molecule has 0 bridgehead atoms. The van der Waals surface area contributed by atoms with Crippen LogP contribution >= 0.6 is 0 Å². The van der Waals surface area contributed by atoms with Crippen LogP contribution in [0.4, 0.5) is 0 Å². The zero-order chi connectivity index (χ0) is 35.8. The first-order valence-electron chi connectivity index (χ1n) is 18.7. The maximum atomic E-state index is 5.22. The van der Waals surface area contributed by atoms with E-state index in [9.17, 15) is 0 Å². The number of rotatable bonds is 6. The van der Waals surface area contributed by atoms with Crippen LogP contribution in [0.25, 0.3) is 78.4 Å². The van der Waals surface area contributed by atoms with Crippen molar-refractivity contribution in [3.8, 4) is 78.4 Å². The lowest BCUT2D eigenvalue weighted by molar-refractivity contribution is 0.720. The zero-order valence-electron chi connectivity index (χ0n) is 29.7. The summed E-state index contributed by atoms with van der Waals surface area (Å²) in [7, 11) is 0. The van der Waals surface area contributed by atoms with E-state index in [0.717, 1.165) is 39.2 Å². The number of aromatic nitrogens is 2. The summed E-state index contributed by atoms with van der Waals surface area (Å²) in [6.45, 7) is 0. The predicted octanol–water partition coefficient (Wildman–Crippen LogP) is 13.5. The molecule has 8 aromatic rings. The van der Waals surface area contributed by atoms with E-state index in [4.69, 9.17) is 9.97 Å². The van der Waals surface area contributed by atoms with Crippen molar-refractivity contribution >= 4 is 0 Å². The third-order valence-electron chi connectivity index (χ3n) is 10.9. The van der Waals surface area contributed by atoms with Gasteiger partial charge in [-0.25, -0.2) is 9.97 Å². The quantitative estimate of drug-likeness (QED) is 0.174. The molecular formula is C52H36N2. The molecule has 0 N–H and O–H groups in total. The summed E-state index contributed by atoms with van der Waals surface area (Å²) in [6.07, 6.45) is 9.14. The molecule has 1 heterocycles. The molecule has 2 atom stereocenters. The first-order valence-corrected chi connectivity index (χ1v) is 18.7. The summed E-state index contributed by atoms with van der Waals surface area (Å²) in [5.41, 5.74) is 17.4. The highest BCUT2D eigenvalue weighted by molar-refractivity contribution is 5.96. The lowest BCUT2D eigenvalue weighted by atomic mass is 9.69. The first-order chi connectivity index (χ1) is 26.8. The molecule has 0 spiro atoms. The third-order valence-corrected chi connectivity index (χ3v) is 10.9. The van der Waals surface area contributed by atoms with Crippen LogP contribution in [0.5, 0.6) is 0 Å². The summed E-state index contributed by atoms with van der Waals surface area (Å²) < 4.78 is 0. The maximum absolute atomic E-state index is 5.22. The van der Waals surface area contributed by atoms with Gasteiger partial charge in [-0.1, -0.05) is 194 Å². The zero-order valence-corrected chi connectivity index (χ0v) is 29.7. The molecule has 1 aromatic heterocycles. The fourth-order valence-corrected chi connectivity index (χ4v) is 8.40. The van der Waals surface area contributed by atoms with Crippen LogP contribution in [0, 0.1) is 0 Å². The molecule has 2 heteroatoms. The minimum atomic E-state index is 0.304. The highest BCUT2D eigenvalue weighted by atomic mass is 14.9. The molecule has 0 aliphatic heterocycles. The largest absolute Gasteiger partial charge is 0.228 e. The van der Waals surface area contributed by atoms with Crippen molar-refractivity contribution in [2.24, 2.45) is 0 Å². The van der Waals surface area contributed by atoms with E-state index in [-0.39, 0.29) is 0 Å². The fourth-order valence-electron chi connectivity index (χ4n) is 8.40. The Hall–Kier alpha value is -6.90. The average molecular weight is 689 g/mol. The highest BCUT2D eigenvalue weighted by Gasteiger charge is 2.32. The molecule has 0 saturated carbocycles. The maximum Gasteiger partial charge on any atom is 0.161 e. The van der Waals surface area contributed by atoms with Crippen LogP contribution in [0.15, 0.2) is 206 Å². The molecule has 7 aromatic carbocycles. The van der Waals surface area contributed by atoms with Crippen LogP contribution in [-0.4, -0.2) is 9.97 Å². The Bertz CT molecular complexity index is 2670. The van der Waals surface area contributed by atoms with Crippen molar-refractivity contribution in [1.82, 2.24) is 9.97 Å². The van der Waals surface area contributed by atoms with E-state index in [1.807, 2.05) is 12.1 Å². The van der Waals surface area contributed by atoms with Gasteiger partial charge in [-0.3, -0.25) is 0 Å². The summed E-state index contributed by atoms with van der Waals surface area (Å²) in [5, 5.41) is 0. The van der Waals surface area contributed by atoms with Crippen LogP contribution in [0.3, 0.4) is 0 Å². The lowest BCUT2D eigenvalue weighted by Crippen LogP contribution is -2.16. The Morgan fingerprint density at radius 2 is 0.722 bits per heavy atom. The minimum absolute atomic E-state index is 0.304.